The molecule has 0 amide bonds. The lowest BCUT2D eigenvalue weighted by atomic mass is 10.4. The molecule has 0 spiro atoms. The van der Waals surface area contributed by atoms with Crippen molar-refractivity contribution >= 4 is 0 Å². The Labute approximate surface area is 46.6 Å². The van der Waals surface area contributed by atoms with Gasteiger partial charge < -0.3 is 5.11 Å². The van der Waals surface area contributed by atoms with Gasteiger partial charge in [-0.15, -0.1) is 0 Å². The number of rotatable bonds is 2. The van der Waals surface area contributed by atoms with Gasteiger partial charge in [0.1, 0.15) is 0 Å². The molecule has 0 rings (SSSR count). The van der Waals surface area contributed by atoms with Gasteiger partial charge in [0, 0.05) is 6.42 Å². The van der Waals surface area contributed by atoms with Gasteiger partial charge in [-0.2, -0.15) is 0 Å². The SMILES string of the molecule is CC/C(O)=C/[N+](=O)[O-]. The summed E-state index contributed by atoms with van der Waals surface area (Å²) in [5, 5.41) is 18.0. The number of nitro groups is 1. The molecule has 4 nitrogen and oxygen atoms in total. The van der Waals surface area contributed by atoms with Crippen LogP contribution in [0.3, 0.4) is 0 Å². The Balaban J connectivity index is 3.75. The van der Waals surface area contributed by atoms with E-state index in [1.54, 1.807) is 6.92 Å². The molecular formula is C4H7NO3. The highest BCUT2D eigenvalue weighted by atomic mass is 16.6. The lowest BCUT2D eigenvalue weighted by Gasteiger charge is -1.84. The second kappa shape index (κ2) is 3.01. The Morgan fingerprint density at radius 1 is 2.00 bits per heavy atom. The van der Waals surface area contributed by atoms with E-state index in [9.17, 15) is 10.1 Å². The van der Waals surface area contributed by atoms with Gasteiger partial charge in [0.25, 0.3) is 6.20 Å². The first-order chi connectivity index (χ1) is 3.66. The zero-order valence-corrected chi connectivity index (χ0v) is 4.50. The fourth-order valence-corrected chi connectivity index (χ4v) is 0.213. The predicted molar refractivity (Wildman–Crippen MR) is 28.0 cm³/mol. The lowest BCUT2D eigenvalue weighted by Crippen LogP contribution is -1.87. The Morgan fingerprint density at radius 3 is 2.62 bits per heavy atom. The molecule has 0 aliphatic rings. The van der Waals surface area contributed by atoms with Crippen LogP contribution >= 0.6 is 0 Å². The first-order valence-corrected chi connectivity index (χ1v) is 2.20. The Kier molecular flexibility index (Phi) is 2.61. The van der Waals surface area contributed by atoms with E-state index in [-0.39, 0.29) is 5.76 Å². The number of hydrogen-bond donors (Lipinski definition) is 1. The number of aliphatic hydroxyl groups is 1. The molecule has 0 aliphatic heterocycles. The van der Waals surface area contributed by atoms with Crippen LogP contribution in [0.5, 0.6) is 0 Å². The van der Waals surface area contributed by atoms with Crippen LogP contribution in [0.2, 0.25) is 0 Å². The van der Waals surface area contributed by atoms with Crippen molar-refractivity contribution in [3.05, 3.63) is 22.1 Å². The molecule has 0 heterocycles. The van der Waals surface area contributed by atoms with Crippen LogP contribution in [-0.4, -0.2) is 10.0 Å². The summed E-state index contributed by atoms with van der Waals surface area (Å²) in [7, 11) is 0. The molecule has 1 N–H and O–H groups in total. The zero-order chi connectivity index (χ0) is 6.57. The normalized spacial score (nSPS) is 11.4. The molecule has 46 valence electrons. The van der Waals surface area contributed by atoms with Gasteiger partial charge >= 0.3 is 0 Å². The van der Waals surface area contributed by atoms with E-state index in [0.29, 0.717) is 12.6 Å². The zero-order valence-electron chi connectivity index (χ0n) is 4.50. The van der Waals surface area contributed by atoms with E-state index < -0.39 is 4.92 Å². The van der Waals surface area contributed by atoms with Crippen LogP contribution in [-0.2, 0) is 0 Å². The summed E-state index contributed by atoms with van der Waals surface area (Å²) in [6.45, 7) is 1.63. The fraction of sp³-hybridized carbons (Fsp3) is 0.500. The standard InChI is InChI=1S/C4H7NO3/c1-2-4(6)3-5(7)8/h3,6H,2H2,1H3/b4-3-. The van der Waals surface area contributed by atoms with Crippen LogP contribution in [0.15, 0.2) is 12.0 Å². The molecule has 0 saturated heterocycles. The van der Waals surface area contributed by atoms with Crippen LogP contribution in [0.1, 0.15) is 13.3 Å². The molecule has 0 atom stereocenters. The third-order valence-electron chi connectivity index (χ3n) is 0.617. The molecule has 0 aliphatic carbocycles. The summed E-state index contributed by atoms with van der Waals surface area (Å²) in [5.41, 5.74) is 0. The van der Waals surface area contributed by atoms with E-state index in [1.807, 2.05) is 0 Å². The van der Waals surface area contributed by atoms with Gasteiger partial charge in [0.2, 0.25) is 0 Å². The van der Waals surface area contributed by atoms with Crippen molar-refractivity contribution in [2.45, 2.75) is 13.3 Å². The highest BCUT2D eigenvalue weighted by Crippen LogP contribution is 1.91. The Bertz CT molecular complexity index is 118. The van der Waals surface area contributed by atoms with Crippen molar-refractivity contribution in [3.8, 4) is 0 Å². The van der Waals surface area contributed by atoms with Gasteiger partial charge in [0.05, 0.1) is 4.92 Å². The maximum absolute atomic E-state index is 9.54. The van der Waals surface area contributed by atoms with Crippen LogP contribution in [0, 0.1) is 10.1 Å². The molecule has 0 radical (unpaired) electrons. The van der Waals surface area contributed by atoms with Crippen molar-refractivity contribution in [2.75, 3.05) is 0 Å². The van der Waals surface area contributed by atoms with E-state index in [0.717, 1.165) is 0 Å². The molecule has 0 aromatic heterocycles. The van der Waals surface area contributed by atoms with Crippen LogP contribution in [0.25, 0.3) is 0 Å². The summed E-state index contributed by atoms with van der Waals surface area (Å²) in [5.74, 6) is -0.199. The minimum absolute atomic E-state index is 0.199. The smallest absolute Gasteiger partial charge is 0.271 e. The summed E-state index contributed by atoms with van der Waals surface area (Å²) < 4.78 is 0. The second-order valence-corrected chi connectivity index (χ2v) is 1.26. The van der Waals surface area contributed by atoms with E-state index in [1.165, 1.54) is 0 Å². The molecule has 0 aromatic carbocycles. The van der Waals surface area contributed by atoms with Crippen LogP contribution in [0.4, 0.5) is 0 Å². The maximum atomic E-state index is 9.54. The first kappa shape index (κ1) is 6.94. The third-order valence-corrected chi connectivity index (χ3v) is 0.617. The average molecular weight is 117 g/mol. The number of allylic oxidation sites excluding steroid dienone is 1. The number of hydrogen-bond acceptors (Lipinski definition) is 3. The Hall–Kier alpha value is -1.06. The molecule has 0 saturated carbocycles. The summed E-state index contributed by atoms with van der Waals surface area (Å²) in [6, 6.07) is 0. The maximum Gasteiger partial charge on any atom is 0.271 e. The summed E-state index contributed by atoms with van der Waals surface area (Å²) in [6.07, 6.45) is 0.890. The highest BCUT2D eigenvalue weighted by molar-refractivity contribution is 4.80. The van der Waals surface area contributed by atoms with E-state index >= 15 is 0 Å². The average Bonchev–Trinajstić information content (AvgIpc) is 1.65. The molecule has 8 heavy (non-hydrogen) atoms. The quantitative estimate of drug-likeness (QED) is 0.334. The molecular weight excluding hydrogens is 110 g/mol. The van der Waals surface area contributed by atoms with Crippen molar-refractivity contribution in [2.24, 2.45) is 0 Å². The topological polar surface area (TPSA) is 63.4 Å². The van der Waals surface area contributed by atoms with Crippen molar-refractivity contribution in [1.29, 1.82) is 0 Å². The van der Waals surface area contributed by atoms with Crippen molar-refractivity contribution in [3.63, 3.8) is 0 Å². The van der Waals surface area contributed by atoms with Gasteiger partial charge in [0.15, 0.2) is 5.76 Å². The minimum Gasteiger partial charge on any atom is -0.506 e. The lowest BCUT2D eigenvalue weighted by molar-refractivity contribution is -0.405. The molecule has 0 aromatic rings. The second-order valence-electron chi connectivity index (χ2n) is 1.26. The van der Waals surface area contributed by atoms with Gasteiger partial charge in [-0.25, -0.2) is 0 Å². The third kappa shape index (κ3) is 3.14. The molecule has 0 unspecified atom stereocenters. The predicted octanol–water partition coefficient (Wildman–Crippen LogP) is 1.07. The molecule has 0 bridgehead atoms. The summed E-state index contributed by atoms with van der Waals surface area (Å²) in [4.78, 5) is 8.86. The number of nitrogens with zero attached hydrogens (tertiary/aromatic N) is 1. The number of aliphatic hydroxyl groups excluding tert-OH is 1. The molecule has 0 fully saturated rings. The van der Waals surface area contributed by atoms with Crippen LogP contribution < -0.4 is 0 Å². The van der Waals surface area contributed by atoms with Crippen molar-refractivity contribution < 1.29 is 10.0 Å². The van der Waals surface area contributed by atoms with Gasteiger partial charge in [-0.3, -0.25) is 10.1 Å². The summed E-state index contributed by atoms with van der Waals surface area (Å²) >= 11 is 0. The largest absolute Gasteiger partial charge is 0.506 e. The van der Waals surface area contributed by atoms with Crippen molar-refractivity contribution in [1.82, 2.24) is 0 Å². The molecule has 4 heteroatoms. The highest BCUT2D eigenvalue weighted by Gasteiger charge is 1.92. The fourth-order valence-electron chi connectivity index (χ4n) is 0.213. The van der Waals surface area contributed by atoms with E-state index in [2.05, 4.69) is 0 Å². The van der Waals surface area contributed by atoms with Gasteiger partial charge in [-0.1, -0.05) is 6.92 Å². The van der Waals surface area contributed by atoms with E-state index in [4.69, 9.17) is 5.11 Å². The Morgan fingerprint density at radius 2 is 2.50 bits per heavy atom. The first-order valence-electron chi connectivity index (χ1n) is 2.20. The monoisotopic (exact) mass is 117 g/mol. The van der Waals surface area contributed by atoms with Gasteiger partial charge in [-0.05, 0) is 0 Å². The minimum atomic E-state index is -0.682.